The van der Waals surface area contributed by atoms with Crippen LogP contribution in [0, 0.1) is 6.92 Å². The maximum absolute atomic E-state index is 11.7. The lowest BCUT2D eigenvalue weighted by Crippen LogP contribution is -2.36. The zero-order valence-corrected chi connectivity index (χ0v) is 11.5. The van der Waals surface area contributed by atoms with Gasteiger partial charge in [-0.1, -0.05) is 17.7 Å². The van der Waals surface area contributed by atoms with Crippen LogP contribution in [0.25, 0.3) is 0 Å². The highest BCUT2D eigenvalue weighted by atomic mass is 16.5. The van der Waals surface area contributed by atoms with Gasteiger partial charge in [0.15, 0.2) is 6.61 Å². The van der Waals surface area contributed by atoms with Crippen LogP contribution in [-0.4, -0.2) is 43.6 Å². The van der Waals surface area contributed by atoms with Crippen LogP contribution in [0.1, 0.15) is 12.5 Å². The molecule has 5 heteroatoms. The van der Waals surface area contributed by atoms with Crippen molar-refractivity contribution < 1.29 is 19.1 Å². The number of hydrogen-bond donors (Lipinski definition) is 0. The van der Waals surface area contributed by atoms with E-state index in [-0.39, 0.29) is 19.1 Å². The molecule has 0 heterocycles. The van der Waals surface area contributed by atoms with Gasteiger partial charge in [0.05, 0.1) is 6.61 Å². The molecule has 0 unspecified atom stereocenters. The number of rotatable bonds is 6. The number of amides is 1. The van der Waals surface area contributed by atoms with Gasteiger partial charge in [-0.15, -0.1) is 0 Å². The van der Waals surface area contributed by atoms with E-state index in [2.05, 4.69) is 0 Å². The second-order valence-corrected chi connectivity index (χ2v) is 4.16. The minimum absolute atomic E-state index is 0.0655. The first kappa shape index (κ1) is 15.0. The number of ether oxygens (including phenoxy) is 2. The van der Waals surface area contributed by atoms with E-state index in [1.807, 2.05) is 19.1 Å². The van der Waals surface area contributed by atoms with Gasteiger partial charge in [-0.2, -0.15) is 0 Å². The predicted octanol–water partition coefficient (Wildman–Crippen LogP) is 1.40. The Morgan fingerprint density at radius 1 is 1.21 bits per heavy atom. The Morgan fingerprint density at radius 3 is 2.42 bits per heavy atom. The lowest BCUT2D eigenvalue weighted by Gasteiger charge is -2.16. The summed E-state index contributed by atoms with van der Waals surface area (Å²) in [6.45, 7) is 3.84. The molecule has 0 spiro atoms. The van der Waals surface area contributed by atoms with Gasteiger partial charge in [0.25, 0.3) is 5.91 Å². The van der Waals surface area contributed by atoms with Gasteiger partial charge in [-0.05, 0) is 26.0 Å². The van der Waals surface area contributed by atoms with Crippen LogP contribution in [0.3, 0.4) is 0 Å². The Kier molecular flexibility index (Phi) is 5.85. The van der Waals surface area contributed by atoms with E-state index >= 15 is 0 Å². The summed E-state index contributed by atoms with van der Waals surface area (Å²) in [5, 5.41) is 0. The molecule has 0 aliphatic carbocycles. The molecule has 0 bridgehead atoms. The Balaban J connectivity index is 2.38. The molecule has 0 saturated carbocycles. The molecule has 1 aromatic rings. The van der Waals surface area contributed by atoms with Gasteiger partial charge in [0.2, 0.25) is 0 Å². The number of carbonyl (C=O) groups is 2. The monoisotopic (exact) mass is 265 g/mol. The molecule has 0 atom stereocenters. The van der Waals surface area contributed by atoms with Crippen molar-refractivity contribution in [1.29, 1.82) is 0 Å². The van der Waals surface area contributed by atoms with Crippen LogP contribution in [0.4, 0.5) is 0 Å². The van der Waals surface area contributed by atoms with E-state index in [1.54, 1.807) is 19.1 Å². The molecule has 0 aliphatic rings. The summed E-state index contributed by atoms with van der Waals surface area (Å²) in [4.78, 5) is 24.2. The fourth-order valence-electron chi connectivity index (χ4n) is 1.38. The van der Waals surface area contributed by atoms with Crippen LogP contribution in [0.5, 0.6) is 5.75 Å². The van der Waals surface area contributed by atoms with Gasteiger partial charge >= 0.3 is 5.97 Å². The van der Waals surface area contributed by atoms with Crippen LogP contribution < -0.4 is 4.74 Å². The van der Waals surface area contributed by atoms with Crippen molar-refractivity contribution in [3.8, 4) is 5.75 Å². The molecule has 0 radical (unpaired) electrons. The SMILES string of the molecule is CCOC(=O)CN(C)C(=O)COc1ccc(C)cc1. The summed E-state index contributed by atoms with van der Waals surface area (Å²) in [6.07, 6.45) is 0. The smallest absolute Gasteiger partial charge is 0.325 e. The lowest BCUT2D eigenvalue weighted by atomic mass is 10.2. The molecule has 1 aromatic carbocycles. The van der Waals surface area contributed by atoms with Crippen molar-refractivity contribution in [2.75, 3.05) is 26.8 Å². The van der Waals surface area contributed by atoms with Gasteiger partial charge in [-0.3, -0.25) is 9.59 Å². The van der Waals surface area contributed by atoms with E-state index in [0.29, 0.717) is 12.4 Å². The first-order valence-electron chi connectivity index (χ1n) is 6.12. The molecule has 0 N–H and O–H groups in total. The minimum Gasteiger partial charge on any atom is -0.484 e. The van der Waals surface area contributed by atoms with Crippen LogP contribution in [-0.2, 0) is 14.3 Å². The van der Waals surface area contributed by atoms with Crippen molar-refractivity contribution in [3.05, 3.63) is 29.8 Å². The Morgan fingerprint density at radius 2 is 1.84 bits per heavy atom. The van der Waals surface area contributed by atoms with Crippen LogP contribution >= 0.6 is 0 Å². The normalized spacial score (nSPS) is 9.84. The minimum atomic E-state index is -0.423. The molecule has 1 rings (SSSR count). The fraction of sp³-hybridized carbons (Fsp3) is 0.429. The van der Waals surface area contributed by atoms with Crippen molar-refractivity contribution in [2.45, 2.75) is 13.8 Å². The number of hydrogen-bond acceptors (Lipinski definition) is 4. The van der Waals surface area contributed by atoms with Gasteiger partial charge in [0, 0.05) is 7.05 Å². The highest BCUT2D eigenvalue weighted by Gasteiger charge is 2.14. The standard InChI is InChI=1S/C14H19NO4/c1-4-18-14(17)9-15(3)13(16)10-19-12-7-5-11(2)6-8-12/h5-8H,4,9-10H2,1-3H3. The molecular formula is C14H19NO4. The van der Waals surface area contributed by atoms with Crippen molar-refractivity contribution in [2.24, 2.45) is 0 Å². The average molecular weight is 265 g/mol. The van der Waals surface area contributed by atoms with E-state index < -0.39 is 5.97 Å². The number of carbonyl (C=O) groups excluding carboxylic acids is 2. The quantitative estimate of drug-likeness (QED) is 0.729. The largest absolute Gasteiger partial charge is 0.484 e. The summed E-state index contributed by atoms with van der Waals surface area (Å²) >= 11 is 0. The molecule has 0 aliphatic heterocycles. The molecule has 0 saturated heterocycles. The first-order chi connectivity index (χ1) is 9.02. The maximum Gasteiger partial charge on any atom is 0.325 e. The van der Waals surface area contributed by atoms with Gasteiger partial charge < -0.3 is 14.4 Å². The second-order valence-electron chi connectivity index (χ2n) is 4.16. The van der Waals surface area contributed by atoms with Crippen LogP contribution in [0.15, 0.2) is 24.3 Å². The fourth-order valence-corrected chi connectivity index (χ4v) is 1.38. The van der Waals surface area contributed by atoms with Crippen molar-refractivity contribution in [1.82, 2.24) is 4.90 Å². The third-order valence-electron chi connectivity index (χ3n) is 2.48. The van der Waals surface area contributed by atoms with E-state index in [1.165, 1.54) is 11.9 Å². The highest BCUT2D eigenvalue weighted by Crippen LogP contribution is 2.11. The summed E-state index contributed by atoms with van der Waals surface area (Å²) in [6, 6.07) is 7.41. The zero-order chi connectivity index (χ0) is 14.3. The van der Waals surface area contributed by atoms with Crippen molar-refractivity contribution >= 4 is 11.9 Å². The summed E-state index contributed by atoms with van der Waals surface area (Å²) in [7, 11) is 1.54. The lowest BCUT2D eigenvalue weighted by molar-refractivity contribution is -0.148. The number of benzene rings is 1. The topological polar surface area (TPSA) is 55.8 Å². The molecule has 1 amide bonds. The number of nitrogens with zero attached hydrogens (tertiary/aromatic N) is 1. The second kappa shape index (κ2) is 7.41. The highest BCUT2D eigenvalue weighted by molar-refractivity contribution is 5.82. The Labute approximate surface area is 113 Å². The maximum atomic E-state index is 11.7. The third kappa shape index (κ3) is 5.42. The molecule has 5 nitrogen and oxygen atoms in total. The van der Waals surface area contributed by atoms with Crippen molar-refractivity contribution in [3.63, 3.8) is 0 Å². The zero-order valence-electron chi connectivity index (χ0n) is 11.5. The molecule has 104 valence electrons. The molecular weight excluding hydrogens is 246 g/mol. The third-order valence-corrected chi connectivity index (χ3v) is 2.48. The molecule has 0 aromatic heterocycles. The first-order valence-corrected chi connectivity index (χ1v) is 6.12. The average Bonchev–Trinajstić information content (AvgIpc) is 2.37. The van der Waals surface area contributed by atoms with E-state index in [4.69, 9.17) is 9.47 Å². The van der Waals surface area contributed by atoms with Crippen LogP contribution in [0.2, 0.25) is 0 Å². The van der Waals surface area contributed by atoms with Gasteiger partial charge in [0.1, 0.15) is 12.3 Å². The summed E-state index contributed by atoms with van der Waals surface area (Å²) in [5.74, 6) is -0.0641. The predicted molar refractivity (Wildman–Crippen MR) is 70.9 cm³/mol. The number of likely N-dealkylation sites (N-methyl/N-ethyl adjacent to an activating group) is 1. The Bertz CT molecular complexity index is 428. The van der Waals surface area contributed by atoms with E-state index in [0.717, 1.165) is 5.56 Å². The number of esters is 1. The van der Waals surface area contributed by atoms with Gasteiger partial charge in [-0.25, -0.2) is 0 Å². The van der Waals surface area contributed by atoms with E-state index in [9.17, 15) is 9.59 Å². The summed E-state index contributed by atoms with van der Waals surface area (Å²) in [5.41, 5.74) is 1.12. The number of aryl methyl sites for hydroxylation is 1. The molecule has 19 heavy (non-hydrogen) atoms. The summed E-state index contributed by atoms with van der Waals surface area (Å²) < 4.78 is 10.1. The molecule has 0 fully saturated rings. The Hall–Kier alpha value is -2.04.